The molecule has 1 aromatic rings. The van der Waals surface area contributed by atoms with E-state index in [0.717, 1.165) is 23.3 Å². The normalized spacial score (nSPS) is 10.3. The average Bonchev–Trinajstić information content (AvgIpc) is 2.24. The molecular formula is C12H16BrNS. The van der Waals surface area contributed by atoms with Gasteiger partial charge in [0.15, 0.2) is 0 Å². The summed E-state index contributed by atoms with van der Waals surface area (Å²) in [5.41, 5.74) is 1.34. The Hall–Kier alpha value is -0.250. The fraction of sp³-hybridized carbons (Fsp3) is 0.333. The fourth-order valence-corrected chi connectivity index (χ4v) is 2.25. The van der Waals surface area contributed by atoms with E-state index in [1.54, 1.807) is 11.8 Å². The summed E-state index contributed by atoms with van der Waals surface area (Å²) in [4.78, 5) is 1.30. The number of rotatable bonds is 6. The standard InChI is InChI=1S/C12H16BrNS/c1-3-14-8-11-5-4-6-12(7-11)15-9-10(2)13/h4-7,14H,2-3,8-9H2,1H3. The third kappa shape index (κ3) is 5.40. The Morgan fingerprint density at radius 3 is 3.00 bits per heavy atom. The van der Waals surface area contributed by atoms with E-state index in [4.69, 9.17) is 0 Å². The highest BCUT2D eigenvalue weighted by Gasteiger charge is 1.97. The fourth-order valence-electron chi connectivity index (χ4n) is 1.18. The number of hydrogen-bond acceptors (Lipinski definition) is 2. The minimum Gasteiger partial charge on any atom is -0.313 e. The Balaban J connectivity index is 2.53. The second kappa shape index (κ2) is 7.09. The van der Waals surface area contributed by atoms with Crippen LogP contribution in [0.5, 0.6) is 0 Å². The van der Waals surface area contributed by atoms with Gasteiger partial charge in [-0.2, -0.15) is 0 Å². The van der Waals surface area contributed by atoms with Crippen LogP contribution in [0.4, 0.5) is 0 Å². The maximum Gasteiger partial charge on any atom is 0.0292 e. The van der Waals surface area contributed by atoms with E-state index in [-0.39, 0.29) is 0 Å². The first-order chi connectivity index (χ1) is 7.22. The lowest BCUT2D eigenvalue weighted by Gasteiger charge is -2.05. The highest BCUT2D eigenvalue weighted by molar-refractivity contribution is 9.11. The third-order valence-corrected chi connectivity index (χ3v) is 3.60. The molecule has 0 spiro atoms. The molecule has 3 heteroatoms. The lowest BCUT2D eigenvalue weighted by Crippen LogP contribution is -2.11. The minimum atomic E-state index is 0.921. The van der Waals surface area contributed by atoms with Gasteiger partial charge in [0.25, 0.3) is 0 Å². The van der Waals surface area contributed by atoms with Crippen molar-refractivity contribution >= 4 is 27.7 Å². The maximum absolute atomic E-state index is 3.83. The molecule has 0 amide bonds. The van der Waals surface area contributed by atoms with Crippen LogP contribution in [0.15, 0.2) is 40.2 Å². The van der Waals surface area contributed by atoms with Gasteiger partial charge in [0.1, 0.15) is 0 Å². The van der Waals surface area contributed by atoms with Gasteiger partial charge in [-0.1, -0.05) is 41.6 Å². The first kappa shape index (κ1) is 12.8. The molecule has 82 valence electrons. The summed E-state index contributed by atoms with van der Waals surface area (Å²) in [6, 6.07) is 8.61. The van der Waals surface area contributed by atoms with Gasteiger partial charge in [0, 0.05) is 17.2 Å². The van der Waals surface area contributed by atoms with Crippen molar-refractivity contribution in [2.75, 3.05) is 12.3 Å². The number of nitrogens with one attached hydrogen (secondary N) is 1. The molecule has 1 aromatic carbocycles. The Morgan fingerprint density at radius 1 is 1.53 bits per heavy atom. The van der Waals surface area contributed by atoms with Crippen molar-refractivity contribution in [3.8, 4) is 0 Å². The first-order valence-electron chi connectivity index (χ1n) is 4.98. The molecule has 0 bridgehead atoms. The van der Waals surface area contributed by atoms with Crippen molar-refractivity contribution in [2.24, 2.45) is 0 Å². The molecule has 1 N–H and O–H groups in total. The zero-order valence-electron chi connectivity index (χ0n) is 8.92. The van der Waals surface area contributed by atoms with Crippen molar-refractivity contribution in [3.63, 3.8) is 0 Å². The van der Waals surface area contributed by atoms with Crippen LogP contribution < -0.4 is 5.32 Å². The van der Waals surface area contributed by atoms with E-state index in [0.29, 0.717) is 0 Å². The monoisotopic (exact) mass is 285 g/mol. The Kier molecular flexibility index (Phi) is 6.06. The van der Waals surface area contributed by atoms with Crippen LogP contribution in [0.25, 0.3) is 0 Å². The highest BCUT2D eigenvalue weighted by atomic mass is 79.9. The van der Waals surface area contributed by atoms with Gasteiger partial charge in [0.05, 0.1) is 0 Å². The van der Waals surface area contributed by atoms with Crippen LogP contribution in [0, 0.1) is 0 Å². The zero-order chi connectivity index (χ0) is 11.1. The quantitative estimate of drug-likeness (QED) is 0.798. The molecule has 0 saturated heterocycles. The molecule has 0 aliphatic heterocycles. The van der Waals surface area contributed by atoms with Crippen molar-refractivity contribution in [3.05, 3.63) is 40.9 Å². The molecule has 0 unspecified atom stereocenters. The van der Waals surface area contributed by atoms with Crippen molar-refractivity contribution in [2.45, 2.75) is 18.4 Å². The molecule has 1 nitrogen and oxygen atoms in total. The van der Waals surface area contributed by atoms with Gasteiger partial charge in [0.2, 0.25) is 0 Å². The van der Waals surface area contributed by atoms with Gasteiger partial charge in [-0.25, -0.2) is 0 Å². The van der Waals surface area contributed by atoms with Gasteiger partial charge >= 0.3 is 0 Å². The number of halogens is 1. The third-order valence-electron chi connectivity index (χ3n) is 1.87. The van der Waals surface area contributed by atoms with Crippen LogP contribution in [0.3, 0.4) is 0 Å². The molecule has 0 radical (unpaired) electrons. The summed E-state index contributed by atoms with van der Waals surface area (Å²) in [6.07, 6.45) is 0. The van der Waals surface area contributed by atoms with E-state index in [1.165, 1.54) is 10.5 Å². The summed E-state index contributed by atoms with van der Waals surface area (Å²) < 4.78 is 1.03. The van der Waals surface area contributed by atoms with Crippen LogP contribution in [-0.2, 0) is 6.54 Å². The second-order valence-electron chi connectivity index (χ2n) is 3.23. The average molecular weight is 286 g/mol. The van der Waals surface area contributed by atoms with Gasteiger partial charge in [-0.05, 0) is 28.7 Å². The van der Waals surface area contributed by atoms with Crippen LogP contribution >= 0.6 is 27.7 Å². The molecule has 1 rings (SSSR count). The number of hydrogen-bond donors (Lipinski definition) is 1. The predicted octanol–water partition coefficient (Wildman–Crippen LogP) is 3.80. The van der Waals surface area contributed by atoms with Crippen molar-refractivity contribution in [1.82, 2.24) is 5.32 Å². The SMILES string of the molecule is C=C(Br)CSc1cccc(CNCC)c1. The van der Waals surface area contributed by atoms with E-state index >= 15 is 0 Å². The van der Waals surface area contributed by atoms with E-state index in [1.807, 2.05) is 0 Å². The summed E-state index contributed by atoms with van der Waals surface area (Å²) in [5, 5.41) is 3.32. The van der Waals surface area contributed by atoms with E-state index in [9.17, 15) is 0 Å². The Bertz CT molecular complexity index is 325. The van der Waals surface area contributed by atoms with E-state index in [2.05, 4.69) is 59.0 Å². The zero-order valence-corrected chi connectivity index (χ0v) is 11.3. The predicted molar refractivity (Wildman–Crippen MR) is 72.6 cm³/mol. The molecule has 0 aliphatic rings. The summed E-state index contributed by atoms with van der Waals surface area (Å²) in [5.74, 6) is 0.921. The largest absolute Gasteiger partial charge is 0.313 e. The van der Waals surface area contributed by atoms with E-state index < -0.39 is 0 Å². The van der Waals surface area contributed by atoms with Crippen molar-refractivity contribution in [1.29, 1.82) is 0 Å². The number of benzene rings is 1. The molecule has 15 heavy (non-hydrogen) atoms. The van der Waals surface area contributed by atoms with Crippen LogP contribution in [0.2, 0.25) is 0 Å². The second-order valence-corrected chi connectivity index (χ2v) is 5.40. The minimum absolute atomic E-state index is 0.921. The molecular weight excluding hydrogens is 270 g/mol. The maximum atomic E-state index is 3.83. The molecule has 0 saturated carbocycles. The smallest absolute Gasteiger partial charge is 0.0292 e. The van der Waals surface area contributed by atoms with Crippen molar-refractivity contribution < 1.29 is 0 Å². The first-order valence-corrected chi connectivity index (χ1v) is 6.76. The molecule has 0 atom stereocenters. The summed E-state index contributed by atoms with van der Waals surface area (Å²) >= 11 is 5.17. The lowest BCUT2D eigenvalue weighted by molar-refractivity contribution is 0.725. The van der Waals surface area contributed by atoms with Gasteiger partial charge < -0.3 is 5.32 Å². The molecule has 0 aromatic heterocycles. The number of thioether (sulfide) groups is 1. The Morgan fingerprint density at radius 2 is 2.33 bits per heavy atom. The lowest BCUT2D eigenvalue weighted by atomic mass is 10.2. The molecule has 0 aliphatic carbocycles. The molecule has 0 heterocycles. The molecule has 0 fully saturated rings. The van der Waals surface area contributed by atoms with Crippen LogP contribution in [-0.4, -0.2) is 12.3 Å². The van der Waals surface area contributed by atoms with Gasteiger partial charge in [-0.15, -0.1) is 11.8 Å². The highest BCUT2D eigenvalue weighted by Crippen LogP contribution is 2.22. The van der Waals surface area contributed by atoms with Gasteiger partial charge in [-0.3, -0.25) is 0 Å². The van der Waals surface area contributed by atoms with Crippen LogP contribution in [0.1, 0.15) is 12.5 Å². The summed E-state index contributed by atoms with van der Waals surface area (Å²) in [7, 11) is 0. The Labute approximate surface area is 104 Å². The topological polar surface area (TPSA) is 12.0 Å². The summed E-state index contributed by atoms with van der Waals surface area (Å²) in [6.45, 7) is 7.90.